The Balaban J connectivity index is 1.23. The average molecular weight is 878 g/mol. The second-order valence-corrected chi connectivity index (χ2v) is 19.6. The fraction of sp³-hybridized carbons (Fsp3) is 0.131. The summed E-state index contributed by atoms with van der Waals surface area (Å²) in [6.07, 6.45) is 0. The lowest BCUT2D eigenvalue weighted by Gasteiger charge is -2.20. The van der Waals surface area contributed by atoms with E-state index in [1.165, 1.54) is 11.1 Å². The Hall–Kier alpha value is -8.65. The summed E-state index contributed by atoms with van der Waals surface area (Å²) in [5.41, 5.74) is 13.5. The third-order valence-corrected chi connectivity index (χ3v) is 13.2. The van der Waals surface area contributed by atoms with Crippen molar-refractivity contribution in [3.05, 3.63) is 198 Å². The molecule has 8 aromatic carbocycles. The van der Waals surface area contributed by atoms with Crippen LogP contribution in [0.3, 0.4) is 0 Å². The molecule has 0 aliphatic heterocycles. The van der Waals surface area contributed by atoms with Gasteiger partial charge in [0.15, 0.2) is 17.5 Å². The number of para-hydroxylation sites is 2. The van der Waals surface area contributed by atoms with E-state index in [0.29, 0.717) is 34.2 Å². The van der Waals surface area contributed by atoms with Gasteiger partial charge in [-0.2, -0.15) is 10.5 Å². The molecule has 0 aliphatic carbocycles. The molecular weight excluding hydrogens is 831 g/mol. The molecule has 0 radical (unpaired) electrons. The van der Waals surface area contributed by atoms with Gasteiger partial charge in [-0.15, -0.1) is 0 Å². The Kier molecular flexibility index (Phi) is 9.92. The van der Waals surface area contributed by atoms with Gasteiger partial charge in [-0.25, -0.2) is 15.0 Å². The van der Waals surface area contributed by atoms with Crippen molar-refractivity contribution < 1.29 is 0 Å². The fourth-order valence-corrected chi connectivity index (χ4v) is 9.57. The Morgan fingerprint density at radius 3 is 1.38 bits per heavy atom. The van der Waals surface area contributed by atoms with Crippen LogP contribution in [0.2, 0.25) is 0 Å². The van der Waals surface area contributed by atoms with E-state index >= 15 is 0 Å². The van der Waals surface area contributed by atoms with Crippen LogP contribution in [0.15, 0.2) is 176 Å². The first-order chi connectivity index (χ1) is 32.9. The number of fused-ring (bicyclic) bond motifs is 6. The molecule has 0 amide bonds. The van der Waals surface area contributed by atoms with Gasteiger partial charge in [0, 0.05) is 38.2 Å². The van der Waals surface area contributed by atoms with Crippen molar-refractivity contribution in [3.63, 3.8) is 0 Å². The molecule has 0 unspecified atom stereocenters. The Morgan fingerprint density at radius 1 is 0.368 bits per heavy atom. The minimum Gasteiger partial charge on any atom is -0.309 e. The summed E-state index contributed by atoms with van der Waals surface area (Å²) in [5.74, 6) is 1.39. The smallest absolute Gasteiger partial charge is 0.166 e. The zero-order chi connectivity index (χ0) is 46.9. The van der Waals surface area contributed by atoms with E-state index in [1.807, 2.05) is 72.8 Å². The van der Waals surface area contributed by atoms with Crippen LogP contribution < -0.4 is 0 Å². The molecule has 7 nitrogen and oxygen atoms in total. The van der Waals surface area contributed by atoms with Crippen LogP contribution in [0.4, 0.5) is 0 Å². The monoisotopic (exact) mass is 877 g/mol. The highest BCUT2D eigenvalue weighted by Crippen LogP contribution is 2.42. The summed E-state index contributed by atoms with van der Waals surface area (Å²) in [4.78, 5) is 16.1. The lowest BCUT2D eigenvalue weighted by Crippen LogP contribution is -2.10. The minimum absolute atomic E-state index is 0.0462. The molecule has 0 aliphatic rings. The lowest BCUT2D eigenvalue weighted by atomic mass is 9.86. The predicted octanol–water partition coefficient (Wildman–Crippen LogP) is 15.1. The van der Waals surface area contributed by atoms with E-state index in [2.05, 4.69) is 166 Å². The number of hydrogen-bond donors (Lipinski definition) is 0. The second-order valence-electron chi connectivity index (χ2n) is 19.6. The molecule has 326 valence electrons. The standard InChI is InChI=1S/C61H47N7/c1-60(2,3)43-25-29-53-47(34-43)45-19-10-12-21-51(45)67(53)55-27-23-39(37-63)32-49(55)58-64-57(40-16-8-7-9-17-40)65-59(66-58)50-33-42(41-18-14-15-38(31-41)36-62)24-28-56(50)68-52-22-13-11-20-46(52)48-35-44(61(4,5)6)26-30-54(48)68/h7-35H,1-6H3. The summed E-state index contributed by atoms with van der Waals surface area (Å²) in [5, 5.41) is 25.0. The molecule has 0 saturated heterocycles. The number of hydrogen-bond acceptors (Lipinski definition) is 5. The highest BCUT2D eigenvalue weighted by Gasteiger charge is 2.25. The average Bonchev–Trinajstić information content (AvgIpc) is 3.87. The quantitative estimate of drug-likeness (QED) is 0.166. The summed E-state index contributed by atoms with van der Waals surface area (Å²) >= 11 is 0. The number of aromatic nitrogens is 5. The van der Waals surface area contributed by atoms with E-state index in [0.717, 1.165) is 77.2 Å². The molecule has 11 aromatic rings. The van der Waals surface area contributed by atoms with Crippen LogP contribution in [-0.2, 0) is 10.8 Å². The van der Waals surface area contributed by atoms with E-state index in [-0.39, 0.29) is 10.8 Å². The molecule has 3 aromatic heterocycles. The molecule has 0 N–H and O–H groups in total. The van der Waals surface area contributed by atoms with Crippen LogP contribution in [-0.4, -0.2) is 24.1 Å². The third kappa shape index (κ3) is 7.17. The summed E-state index contributed by atoms with van der Waals surface area (Å²) < 4.78 is 4.59. The molecule has 68 heavy (non-hydrogen) atoms. The van der Waals surface area contributed by atoms with E-state index < -0.39 is 0 Å². The molecule has 11 rings (SSSR count). The Morgan fingerprint density at radius 2 is 0.824 bits per heavy atom. The number of nitrogens with zero attached hydrogens (tertiary/aromatic N) is 7. The zero-order valence-electron chi connectivity index (χ0n) is 38.9. The fourth-order valence-electron chi connectivity index (χ4n) is 9.57. The van der Waals surface area contributed by atoms with Crippen molar-refractivity contribution in [1.29, 1.82) is 10.5 Å². The van der Waals surface area contributed by atoms with Crippen LogP contribution in [0.5, 0.6) is 0 Å². The summed E-state index contributed by atoms with van der Waals surface area (Å²) in [7, 11) is 0. The summed E-state index contributed by atoms with van der Waals surface area (Å²) in [6.45, 7) is 13.5. The topological polar surface area (TPSA) is 96.1 Å². The van der Waals surface area contributed by atoms with Crippen LogP contribution in [0, 0.1) is 22.7 Å². The third-order valence-electron chi connectivity index (χ3n) is 13.2. The molecule has 0 bridgehead atoms. The van der Waals surface area contributed by atoms with Gasteiger partial charge >= 0.3 is 0 Å². The van der Waals surface area contributed by atoms with E-state index in [9.17, 15) is 10.5 Å². The van der Waals surface area contributed by atoms with Crippen LogP contribution >= 0.6 is 0 Å². The van der Waals surface area contributed by atoms with Crippen molar-refractivity contribution >= 4 is 43.6 Å². The molecule has 3 heterocycles. The van der Waals surface area contributed by atoms with Gasteiger partial charge in [-0.05, 0) is 112 Å². The number of rotatable bonds is 6. The van der Waals surface area contributed by atoms with E-state index in [1.54, 1.807) is 0 Å². The van der Waals surface area contributed by atoms with Gasteiger partial charge in [0.2, 0.25) is 0 Å². The van der Waals surface area contributed by atoms with Crippen molar-refractivity contribution in [3.8, 4) is 68.8 Å². The first-order valence-electron chi connectivity index (χ1n) is 23.0. The van der Waals surface area contributed by atoms with Crippen LogP contribution in [0.25, 0.3) is 100 Å². The van der Waals surface area contributed by atoms with Gasteiger partial charge in [-0.3, -0.25) is 0 Å². The highest BCUT2D eigenvalue weighted by molar-refractivity contribution is 6.11. The van der Waals surface area contributed by atoms with Crippen molar-refractivity contribution in [2.24, 2.45) is 0 Å². The Labute approximate surface area is 395 Å². The number of benzene rings is 8. The molecule has 0 fully saturated rings. The van der Waals surface area contributed by atoms with Gasteiger partial charge < -0.3 is 9.13 Å². The lowest BCUT2D eigenvalue weighted by molar-refractivity contribution is 0.591. The normalized spacial score (nSPS) is 11.9. The first kappa shape index (κ1) is 42.0. The van der Waals surface area contributed by atoms with Gasteiger partial charge in [-0.1, -0.05) is 139 Å². The maximum Gasteiger partial charge on any atom is 0.166 e. The Bertz CT molecular complexity index is 3900. The van der Waals surface area contributed by atoms with Gasteiger partial charge in [0.05, 0.1) is 56.7 Å². The number of nitriles is 2. The maximum absolute atomic E-state index is 10.5. The molecule has 7 heteroatoms. The summed E-state index contributed by atoms with van der Waals surface area (Å²) in [6, 6.07) is 65.1. The van der Waals surface area contributed by atoms with Crippen molar-refractivity contribution in [2.75, 3.05) is 0 Å². The van der Waals surface area contributed by atoms with Crippen LogP contribution in [0.1, 0.15) is 63.8 Å². The predicted molar refractivity (Wildman–Crippen MR) is 277 cm³/mol. The molecule has 0 spiro atoms. The highest BCUT2D eigenvalue weighted by atomic mass is 15.1. The first-order valence-corrected chi connectivity index (χ1v) is 23.0. The van der Waals surface area contributed by atoms with Crippen molar-refractivity contribution in [2.45, 2.75) is 52.4 Å². The molecular formula is C61H47N7. The van der Waals surface area contributed by atoms with Crippen molar-refractivity contribution in [1.82, 2.24) is 24.1 Å². The van der Waals surface area contributed by atoms with Gasteiger partial charge in [0.1, 0.15) is 0 Å². The second kappa shape index (κ2) is 16.0. The zero-order valence-corrected chi connectivity index (χ0v) is 38.9. The molecule has 0 saturated carbocycles. The SMILES string of the molecule is CC(C)(C)c1ccc2c(c1)c1ccccc1n2-c1ccc(C#N)cc1-c1nc(-c2ccccc2)nc(-c2cc(-c3cccc(C#N)c3)ccc2-n2c3ccccc3c3cc(C(C)(C)C)ccc32)n1. The largest absolute Gasteiger partial charge is 0.309 e. The van der Waals surface area contributed by atoms with Gasteiger partial charge in [0.25, 0.3) is 0 Å². The minimum atomic E-state index is -0.0480. The maximum atomic E-state index is 10.5. The molecule has 0 atom stereocenters. The van der Waals surface area contributed by atoms with E-state index in [4.69, 9.17) is 15.0 Å².